The Balaban J connectivity index is 4.77. The second kappa shape index (κ2) is 7.93. The largest absolute Gasteiger partial charge is 0.320 e. The van der Waals surface area contributed by atoms with Crippen LogP contribution in [-0.2, 0) is 13.6 Å². The van der Waals surface area contributed by atoms with Gasteiger partial charge < -0.3 is 0 Å². The zero-order valence-corrected chi connectivity index (χ0v) is 13.1. The third kappa shape index (κ3) is 4.38. The molecule has 0 aliphatic heterocycles. The molecule has 0 rings (SSSR count). The lowest BCUT2D eigenvalue weighted by Gasteiger charge is -2.32. The third-order valence-electron chi connectivity index (χ3n) is 3.71. The maximum Gasteiger partial charge on any atom is 0.320 e. The molecule has 0 aromatic heterocycles. The summed E-state index contributed by atoms with van der Waals surface area (Å²) in [5.74, 6) is 0. The van der Waals surface area contributed by atoms with Crippen molar-refractivity contribution >= 4 is 8.25 Å². The Bertz CT molecular complexity index is 263. The van der Waals surface area contributed by atoms with Gasteiger partial charge in [-0.2, -0.15) is 0 Å². The molecule has 0 aromatic rings. The highest BCUT2D eigenvalue weighted by Gasteiger charge is 2.31. The van der Waals surface area contributed by atoms with Gasteiger partial charge in [0.25, 0.3) is 0 Å². The molecule has 18 heavy (non-hydrogen) atoms. The summed E-state index contributed by atoms with van der Waals surface area (Å²) in [6.45, 7) is 15.5. The Hall–Kier alpha value is -0.370. The molecule has 0 N–H and O–H groups in total. The number of hydrogen-bond acceptors (Lipinski definition) is 3. The zero-order valence-electron chi connectivity index (χ0n) is 12.1. The Morgan fingerprint density at radius 2 is 1.17 bits per heavy atom. The lowest BCUT2D eigenvalue weighted by molar-refractivity contribution is 0.0481. The summed E-state index contributed by atoms with van der Waals surface area (Å²) in [5, 5.41) is 0. The SMILES string of the molecule is C=CC(CC)(CC)O[PH](=O)OC(C=C)(CC)CC. The molecule has 0 saturated carbocycles. The molecule has 106 valence electrons. The van der Waals surface area contributed by atoms with E-state index in [2.05, 4.69) is 13.2 Å². The van der Waals surface area contributed by atoms with Gasteiger partial charge in [-0.25, -0.2) is 0 Å². The maximum atomic E-state index is 12.1. The number of hydrogen-bond donors (Lipinski definition) is 0. The minimum absolute atomic E-state index is 0.551. The second-order valence-corrected chi connectivity index (χ2v) is 5.31. The smallest absolute Gasteiger partial charge is 0.300 e. The molecule has 0 radical (unpaired) electrons. The predicted molar refractivity (Wildman–Crippen MR) is 78.2 cm³/mol. The van der Waals surface area contributed by atoms with Gasteiger partial charge in [0.15, 0.2) is 0 Å². The first-order valence-electron chi connectivity index (χ1n) is 6.66. The Kier molecular flexibility index (Phi) is 7.77. The van der Waals surface area contributed by atoms with E-state index in [0.29, 0.717) is 0 Å². The van der Waals surface area contributed by atoms with E-state index in [0.717, 1.165) is 25.7 Å². The highest BCUT2D eigenvalue weighted by Crippen LogP contribution is 2.41. The van der Waals surface area contributed by atoms with E-state index in [1.165, 1.54) is 0 Å². The standard InChI is InChI=1S/C14H27O3P/c1-7-13(8-2,9-3)16-18(15)17-14(10-4,11-5)12-6/h7,10,18H,1,4,8-9,11-12H2,2-3,5-6H3. The van der Waals surface area contributed by atoms with Crippen LogP contribution in [0.15, 0.2) is 25.3 Å². The van der Waals surface area contributed by atoms with Gasteiger partial charge in [-0.3, -0.25) is 13.6 Å². The second-order valence-electron chi connectivity index (χ2n) is 4.41. The van der Waals surface area contributed by atoms with Crippen LogP contribution in [0.4, 0.5) is 0 Å². The van der Waals surface area contributed by atoms with E-state index < -0.39 is 19.5 Å². The van der Waals surface area contributed by atoms with Crippen molar-refractivity contribution in [3.8, 4) is 0 Å². The third-order valence-corrected chi connectivity index (χ3v) is 4.86. The van der Waals surface area contributed by atoms with Gasteiger partial charge in [-0.05, 0) is 25.7 Å². The predicted octanol–water partition coefficient (Wildman–Crippen LogP) is 4.90. The molecule has 0 fully saturated rings. The monoisotopic (exact) mass is 274 g/mol. The van der Waals surface area contributed by atoms with Crippen LogP contribution in [-0.4, -0.2) is 11.2 Å². The summed E-state index contributed by atoms with van der Waals surface area (Å²) < 4.78 is 23.3. The highest BCUT2D eigenvalue weighted by molar-refractivity contribution is 7.33. The zero-order chi connectivity index (χ0) is 14.2. The molecule has 0 aromatic carbocycles. The Labute approximate surface area is 112 Å². The fourth-order valence-corrected chi connectivity index (χ4v) is 3.25. The maximum absolute atomic E-state index is 12.1. The molecule has 0 spiro atoms. The quantitative estimate of drug-likeness (QED) is 0.420. The summed E-state index contributed by atoms with van der Waals surface area (Å²) in [5.41, 5.74) is -1.10. The minimum Gasteiger partial charge on any atom is -0.300 e. The van der Waals surface area contributed by atoms with Gasteiger partial charge in [-0.15, -0.1) is 13.2 Å². The van der Waals surface area contributed by atoms with Crippen LogP contribution in [0.2, 0.25) is 0 Å². The molecule has 0 bridgehead atoms. The van der Waals surface area contributed by atoms with E-state index in [9.17, 15) is 4.57 Å². The normalized spacial score (nSPS) is 12.7. The first kappa shape index (κ1) is 17.6. The van der Waals surface area contributed by atoms with Crippen LogP contribution in [0.25, 0.3) is 0 Å². The van der Waals surface area contributed by atoms with Crippen molar-refractivity contribution in [1.29, 1.82) is 0 Å². The van der Waals surface area contributed by atoms with Crippen molar-refractivity contribution < 1.29 is 13.6 Å². The van der Waals surface area contributed by atoms with Gasteiger partial charge in [0.05, 0.1) is 11.2 Å². The molecule has 4 heteroatoms. The number of rotatable bonds is 10. The summed E-state index contributed by atoms with van der Waals surface area (Å²) in [4.78, 5) is 0. The van der Waals surface area contributed by atoms with Crippen LogP contribution in [0.3, 0.4) is 0 Å². The molecule has 0 amide bonds. The van der Waals surface area contributed by atoms with Crippen LogP contribution < -0.4 is 0 Å². The Morgan fingerprint density at radius 3 is 1.33 bits per heavy atom. The van der Waals surface area contributed by atoms with Crippen molar-refractivity contribution in [1.82, 2.24) is 0 Å². The molecule has 0 aliphatic rings. The molecular formula is C14H27O3P. The van der Waals surface area contributed by atoms with Crippen LogP contribution in [0.5, 0.6) is 0 Å². The Morgan fingerprint density at radius 1 is 0.889 bits per heavy atom. The van der Waals surface area contributed by atoms with Crippen molar-refractivity contribution in [2.45, 2.75) is 64.6 Å². The summed E-state index contributed by atoms with van der Waals surface area (Å²) in [6.07, 6.45) is 6.34. The molecular weight excluding hydrogens is 247 g/mol. The van der Waals surface area contributed by atoms with Gasteiger partial charge in [0, 0.05) is 0 Å². The van der Waals surface area contributed by atoms with Crippen LogP contribution >= 0.6 is 8.25 Å². The lowest BCUT2D eigenvalue weighted by Crippen LogP contribution is -2.29. The van der Waals surface area contributed by atoms with Crippen molar-refractivity contribution in [3.05, 3.63) is 25.3 Å². The van der Waals surface area contributed by atoms with Gasteiger partial charge in [0.2, 0.25) is 0 Å². The van der Waals surface area contributed by atoms with E-state index in [4.69, 9.17) is 9.05 Å². The first-order chi connectivity index (χ1) is 8.46. The molecule has 0 unspecified atom stereocenters. The highest BCUT2D eigenvalue weighted by atomic mass is 31.1. The summed E-state index contributed by atoms with van der Waals surface area (Å²) in [7, 11) is -2.57. The fraction of sp³-hybridized carbons (Fsp3) is 0.714. The van der Waals surface area contributed by atoms with Gasteiger partial charge >= 0.3 is 8.25 Å². The van der Waals surface area contributed by atoms with Crippen molar-refractivity contribution in [3.63, 3.8) is 0 Å². The minimum atomic E-state index is -2.57. The van der Waals surface area contributed by atoms with Crippen molar-refractivity contribution in [2.24, 2.45) is 0 Å². The molecule has 3 nitrogen and oxygen atoms in total. The first-order valence-corrected chi connectivity index (χ1v) is 7.88. The summed E-state index contributed by atoms with van der Waals surface area (Å²) in [6, 6.07) is 0. The molecule has 0 heterocycles. The van der Waals surface area contributed by atoms with E-state index in [1.807, 2.05) is 27.7 Å². The van der Waals surface area contributed by atoms with Gasteiger partial charge in [-0.1, -0.05) is 39.8 Å². The van der Waals surface area contributed by atoms with Crippen LogP contribution in [0, 0.1) is 0 Å². The van der Waals surface area contributed by atoms with Gasteiger partial charge in [0.1, 0.15) is 0 Å². The molecule has 0 saturated heterocycles. The lowest BCUT2D eigenvalue weighted by atomic mass is 9.98. The van der Waals surface area contributed by atoms with E-state index in [-0.39, 0.29) is 0 Å². The topological polar surface area (TPSA) is 35.5 Å². The van der Waals surface area contributed by atoms with Crippen molar-refractivity contribution in [2.75, 3.05) is 0 Å². The van der Waals surface area contributed by atoms with E-state index >= 15 is 0 Å². The fourth-order valence-electron chi connectivity index (χ4n) is 1.80. The van der Waals surface area contributed by atoms with Crippen LogP contribution in [0.1, 0.15) is 53.4 Å². The molecule has 0 aliphatic carbocycles. The average Bonchev–Trinajstić information content (AvgIpc) is 2.42. The molecule has 0 atom stereocenters. The average molecular weight is 274 g/mol. The van der Waals surface area contributed by atoms with E-state index in [1.54, 1.807) is 12.2 Å². The summed E-state index contributed by atoms with van der Waals surface area (Å²) >= 11 is 0.